The predicted octanol–water partition coefficient (Wildman–Crippen LogP) is 6.06. The number of thiazole rings is 1. The fraction of sp³-hybridized carbons (Fsp3) is 0.100. The number of hydrogen-bond donors (Lipinski definition) is 1. The summed E-state index contributed by atoms with van der Waals surface area (Å²) in [7, 11) is 0. The summed E-state index contributed by atoms with van der Waals surface area (Å²) in [5.41, 5.74) is 5.73. The van der Waals surface area contributed by atoms with E-state index in [0.717, 1.165) is 16.9 Å². The highest BCUT2D eigenvalue weighted by Crippen LogP contribution is 2.27. The van der Waals surface area contributed by atoms with E-state index in [9.17, 15) is 5.26 Å². The Morgan fingerprint density at radius 3 is 2.76 bits per heavy atom. The summed E-state index contributed by atoms with van der Waals surface area (Å²) < 4.78 is 0. The van der Waals surface area contributed by atoms with E-state index >= 15 is 0 Å². The van der Waals surface area contributed by atoms with Crippen molar-refractivity contribution in [1.29, 1.82) is 5.26 Å². The average molecular weight is 366 g/mol. The Labute approximate surface area is 156 Å². The van der Waals surface area contributed by atoms with Gasteiger partial charge in [0.1, 0.15) is 16.6 Å². The first-order chi connectivity index (χ1) is 12.1. The maximum atomic E-state index is 9.45. The Morgan fingerprint density at radius 1 is 1.20 bits per heavy atom. The van der Waals surface area contributed by atoms with Crippen molar-refractivity contribution in [3.8, 4) is 17.3 Å². The first-order valence-electron chi connectivity index (χ1n) is 7.73. The van der Waals surface area contributed by atoms with Crippen LogP contribution in [0.1, 0.15) is 16.1 Å². The van der Waals surface area contributed by atoms with Gasteiger partial charge in [-0.1, -0.05) is 29.8 Å². The molecule has 0 saturated carbocycles. The molecule has 0 spiro atoms. The summed E-state index contributed by atoms with van der Waals surface area (Å²) in [4.78, 5) is 4.61. The second-order valence-corrected chi connectivity index (χ2v) is 6.96. The van der Waals surface area contributed by atoms with Gasteiger partial charge in [-0.15, -0.1) is 11.3 Å². The highest BCUT2D eigenvalue weighted by molar-refractivity contribution is 7.11. The van der Waals surface area contributed by atoms with Gasteiger partial charge < -0.3 is 5.32 Å². The molecular formula is C20H16ClN3S. The smallest absolute Gasteiger partial charge is 0.136 e. The zero-order valence-corrected chi connectivity index (χ0v) is 15.4. The van der Waals surface area contributed by atoms with E-state index < -0.39 is 0 Å². The van der Waals surface area contributed by atoms with Crippen LogP contribution in [0.5, 0.6) is 0 Å². The van der Waals surface area contributed by atoms with Gasteiger partial charge in [0.05, 0.1) is 5.69 Å². The molecule has 0 aliphatic carbocycles. The number of aromatic nitrogens is 1. The van der Waals surface area contributed by atoms with E-state index in [2.05, 4.69) is 48.4 Å². The van der Waals surface area contributed by atoms with E-state index in [1.54, 1.807) is 18.3 Å². The van der Waals surface area contributed by atoms with Crippen LogP contribution < -0.4 is 5.32 Å². The van der Waals surface area contributed by atoms with Crippen LogP contribution in [0.15, 0.2) is 54.0 Å². The Bertz CT molecular complexity index is 983. The van der Waals surface area contributed by atoms with E-state index in [1.165, 1.54) is 22.5 Å². The third-order valence-corrected chi connectivity index (χ3v) is 4.98. The zero-order valence-electron chi connectivity index (χ0n) is 13.9. The maximum Gasteiger partial charge on any atom is 0.136 e. The lowest BCUT2D eigenvalue weighted by molar-refractivity contribution is 1.31. The van der Waals surface area contributed by atoms with Crippen LogP contribution in [0.4, 0.5) is 5.69 Å². The molecule has 0 saturated heterocycles. The van der Waals surface area contributed by atoms with Gasteiger partial charge in [0.2, 0.25) is 0 Å². The molecule has 2 aromatic carbocycles. The lowest BCUT2D eigenvalue weighted by Crippen LogP contribution is -1.91. The number of nitrogens with one attached hydrogen (secondary N) is 1. The molecule has 1 aromatic heterocycles. The van der Waals surface area contributed by atoms with Gasteiger partial charge in [-0.25, -0.2) is 4.98 Å². The molecule has 3 nitrogen and oxygen atoms in total. The van der Waals surface area contributed by atoms with Crippen LogP contribution in [0.25, 0.3) is 16.8 Å². The Hall–Kier alpha value is -2.61. The van der Waals surface area contributed by atoms with Gasteiger partial charge in [-0.05, 0) is 49.2 Å². The SMILES string of the molecule is Cc1ccc(-c2csc(/C(C#N)=C/Nc3cccc(Cl)c3)n2)cc1C. The Balaban J connectivity index is 1.85. The molecule has 25 heavy (non-hydrogen) atoms. The van der Waals surface area contributed by atoms with Crippen LogP contribution in [-0.2, 0) is 0 Å². The van der Waals surface area contributed by atoms with Crippen molar-refractivity contribution in [1.82, 2.24) is 4.98 Å². The first kappa shape index (κ1) is 17.2. The molecular weight excluding hydrogens is 350 g/mol. The molecule has 0 aliphatic rings. The van der Waals surface area contributed by atoms with Crippen molar-refractivity contribution in [2.24, 2.45) is 0 Å². The third kappa shape index (κ3) is 4.08. The monoisotopic (exact) mass is 365 g/mol. The second kappa shape index (κ2) is 7.52. The van der Waals surface area contributed by atoms with Crippen molar-refractivity contribution in [3.05, 3.63) is 75.2 Å². The summed E-state index contributed by atoms with van der Waals surface area (Å²) in [6.07, 6.45) is 1.66. The summed E-state index contributed by atoms with van der Waals surface area (Å²) in [6, 6.07) is 15.8. The molecule has 0 amide bonds. The molecule has 0 atom stereocenters. The predicted molar refractivity (Wildman–Crippen MR) is 106 cm³/mol. The first-order valence-corrected chi connectivity index (χ1v) is 8.98. The number of aryl methyl sites for hydroxylation is 2. The standard InChI is InChI=1S/C20H16ClN3S/c1-13-6-7-15(8-14(13)2)19-12-25-20(24-19)16(10-22)11-23-18-5-3-4-17(21)9-18/h3-9,11-12,23H,1-2H3/b16-11+. The largest absolute Gasteiger partial charge is 0.360 e. The molecule has 1 N–H and O–H groups in total. The third-order valence-electron chi connectivity index (χ3n) is 3.87. The van der Waals surface area contributed by atoms with Gasteiger partial charge in [-0.2, -0.15) is 5.26 Å². The van der Waals surface area contributed by atoms with Gasteiger partial charge in [0, 0.05) is 27.9 Å². The molecule has 124 valence electrons. The van der Waals surface area contributed by atoms with Gasteiger partial charge >= 0.3 is 0 Å². The number of hydrogen-bond acceptors (Lipinski definition) is 4. The highest BCUT2D eigenvalue weighted by Gasteiger charge is 2.09. The summed E-state index contributed by atoms with van der Waals surface area (Å²) >= 11 is 7.43. The zero-order chi connectivity index (χ0) is 17.8. The van der Waals surface area contributed by atoms with Gasteiger partial charge in [0.15, 0.2) is 0 Å². The van der Waals surface area contributed by atoms with Crippen molar-refractivity contribution in [2.45, 2.75) is 13.8 Å². The fourth-order valence-electron chi connectivity index (χ4n) is 2.31. The molecule has 0 aliphatic heterocycles. The van der Waals surface area contributed by atoms with E-state index in [0.29, 0.717) is 15.6 Å². The molecule has 0 unspecified atom stereocenters. The number of nitrogens with zero attached hydrogens (tertiary/aromatic N) is 2. The summed E-state index contributed by atoms with van der Waals surface area (Å²) in [5.74, 6) is 0. The lowest BCUT2D eigenvalue weighted by atomic mass is 10.1. The van der Waals surface area contributed by atoms with Crippen molar-refractivity contribution in [2.75, 3.05) is 5.32 Å². The van der Waals surface area contributed by atoms with E-state index in [-0.39, 0.29) is 0 Å². The Kier molecular flexibility index (Phi) is 5.18. The van der Waals surface area contributed by atoms with Crippen molar-refractivity contribution < 1.29 is 0 Å². The molecule has 1 heterocycles. The van der Waals surface area contributed by atoms with Crippen LogP contribution in [0, 0.1) is 25.2 Å². The number of rotatable bonds is 4. The fourth-order valence-corrected chi connectivity index (χ4v) is 3.29. The molecule has 0 bridgehead atoms. The molecule has 5 heteroatoms. The van der Waals surface area contributed by atoms with Crippen molar-refractivity contribution >= 4 is 34.2 Å². The van der Waals surface area contributed by atoms with Crippen LogP contribution >= 0.6 is 22.9 Å². The molecule has 0 fully saturated rings. The van der Waals surface area contributed by atoms with Gasteiger partial charge in [-0.3, -0.25) is 0 Å². The van der Waals surface area contributed by atoms with Crippen LogP contribution in [0.2, 0.25) is 5.02 Å². The van der Waals surface area contributed by atoms with Gasteiger partial charge in [0.25, 0.3) is 0 Å². The molecule has 3 rings (SSSR count). The normalized spacial score (nSPS) is 11.2. The van der Waals surface area contributed by atoms with Crippen LogP contribution in [-0.4, -0.2) is 4.98 Å². The lowest BCUT2D eigenvalue weighted by Gasteiger charge is -2.03. The minimum atomic E-state index is 0.486. The van der Waals surface area contributed by atoms with E-state index in [4.69, 9.17) is 11.6 Å². The minimum absolute atomic E-state index is 0.486. The number of allylic oxidation sites excluding steroid dienone is 1. The number of benzene rings is 2. The number of nitriles is 1. The average Bonchev–Trinajstić information content (AvgIpc) is 3.08. The summed E-state index contributed by atoms with van der Waals surface area (Å²) in [6.45, 7) is 4.17. The molecule has 3 aromatic rings. The number of halogens is 1. The Morgan fingerprint density at radius 2 is 2.04 bits per heavy atom. The van der Waals surface area contributed by atoms with Crippen molar-refractivity contribution in [3.63, 3.8) is 0 Å². The number of anilines is 1. The van der Waals surface area contributed by atoms with Crippen LogP contribution in [0.3, 0.4) is 0 Å². The van der Waals surface area contributed by atoms with E-state index in [1.807, 2.05) is 17.5 Å². The second-order valence-electron chi connectivity index (χ2n) is 5.66. The highest BCUT2D eigenvalue weighted by atomic mass is 35.5. The minimum Gasteiger partial charge on any atom is -0.360 e. The topological polar surface area (TPSA) is 48.7 Å². The quantitative estimate of drug-likeness (QED) is 0.572. The maximum absolute atomic E-state index is 9.45. The molecule has 0 radical (unpaired) electrons. The summed E-state index contributed by atoms with van der Waals surface area (Å²) in [5, 5.41) is 15.9.